The highest BCUT2D eigenvalue weighted by atomic mass is 32.2. The highest BCUT2D eigenvalue weighted by Gasteiger charge is 2.17. The van der Waals surface area contributed by atoms with Gasteiger partial charge >= 0.3 is 0 Å². The standard InChI is InChI=1S/C23H20N6OS/c1-2-30-20-8-6-19(7-9-20)29-22(17-10-12-24-13-11-17)26-27-23(29)31-16-18-15-28-14-4-3-5-21(28)25-18/h3-15H,2,16H2,1H3. The maximum absolute atomic E-state index is 5.59. The van der Waals surface area contributed by atoms with E-state index in [9.17, 15) is 0 Å². The number of nitrogens with zero attached hydrogens (tertiary/aromatic N) is 6. The number of aromatic nitrogens is 6. The van der Waals surface area contributed by atoms with Crippen molar-refractivity contribution in [3.8, 4) is 22.8 Å². The highest BCUT2D eigenvalue weighted by Crippen LogP contribution is 2.30. The first kappa shape index (κ1) is 19.3. The molecule has 7 nitrogen and oxygen atoms in total. The third-order valence-corrected chi connectivity index (χ3v) is 5.70. The Morgan fingerprint density at radius 3 is 2.58 bits per heavy atom. The second-order valence-electron chi connectivity index (χ2n) is 6.79. The molecule has 8 heteroatoms. The van der Waals surface area contributed by atoms with Crippen LogP contribution in [0.25, 0.3) is 22.7 Å². The first-order chi connectivity index (χ1) is 15.3. The Balaban J connectivity index is 1.49. The normalized spacial score (nSPS) is 11.1. The lowest BCUT2D eigenvalue weighted by atomic mass is 10.2. The Morgan fingerprint density at radius 2 is 1.81 bits per heavy atom. The molecule has 0 aliphatic heterocycles. The van der Waals surface area contributed by atoms with E-state index in [1.54, 1.807) is 24.2 Å². The first-order valence-electron chi connectivity index (χ1n) is 9.96. The van der Waals surface area contributed by atoms with Crippen molar-refractivity contribution < 1.29 is 4.74 Å². The largest absolute Gasteiger partial charge is 0.494 e. The Labute approximate surface area is 183 Å². The lowest BCUT2D eigenvalue weighted by Crippen LogP contribution is -2.00. The van der Waals surface area contributed by atoms with Gasteiger partial charge in [0.2, 0.25) is 0 Å². The molecule has 0 spiro atoms. The summed E-state index contributed by atoms with van der Waals surface area (Å²) in [5.74, 6) is 2.29. The van der Waals surface area contributed by atoms with Gasteiger partial charge in [0, 0.05) is 41.8 Å². The van der Waals surface area contributed by atoms with E-state index in [0.717, 1.165) is 39.3 Å². The minimum absolute atomic E-state index is 0.633. The van der Waals surface area contributed by atoms with E-state index in [4.69, 9.17) is 4.74 Å². The van der Waals surface area contributed by atoms with Gasteiger partial charge in [0.25, 0.3) is 0 Å². The molecule has 4 heterocycles. The van der Waals surface area contributed by atoms with Gasteiger partial charge in [-0.25, -0.2) is 4.98 Å². The molecular formula is C23H20N6OS. The number of imidazole rings is 1. The van der Waals surface area contributed by atoms with Crippen molar-refractivity contribution in [1.82, 2.24) is 29.1 Å². The van der Waals surface area contributed by atoms with Crippen molar-refractivity contribution in [3.05, 3.63) is 85.1 Å². The van der Waals surface area contributed by atoms with Crippen LogP contribution in [0.1, 0.15) is 12.6 Å². The summed E-state index contributed by atoms with van der Waals surface area (Å²) < 4.78 is 9.68. The summed E-state index contributed by atoms with van der Waals surface area (Å²) in [6.07, 6.45) is 7.57. The molecule has 0 unspecified atom stereocenters. The van der Waals surface area contributed by atoms with Crippen LogP contribution in [-0.2, 0) is 5.75 Å². The molecule has 0 atom stereocenters. The molecule has 0 aliphatic carbocycles. The third kappa shape index (κ3) is 4.02. The van der Waals surface area contributed by atoms with Gasteiger partial charge < -0.3 is 9.14 Å². The molecular weight excluding hydrogens is 408 g/mol. The zero-order chi connectivity index (χ0) is 21.0. The second-order valence-corrected chi connectivity index (χ2v) is 7.73. The topological polar surface area (TPSA) is 70.1 Å². The van der Waals surface area contributed by atoms with Crippen LogP contribution in [-0.4, -0.2) is 35.7 Å². The van der Waals surface area contributed by atoms with Crippen molar-refractivity contribution in [2.24, 2.45) is 0 Å². The number of hydrogen-bond donors (Lipinski definition) is 0. The maximum Gasteiger partial charge on any atom is 0.196 e. The van der Waals surface area contributed by atoms with Crippen molar-refractivity contribution in [2.75, 3.05) is 6.61 Å². The van der Waals surface area contributed by atoms with Crippen LogP contribution in [0.4, 0.5) is 0 Å². The molecule has 0 saturated heterocycles. The molecule has 0 aliphatic rings. The van der Waals surface area contributed by atoms with Crippen molar-refractivity contribution >= 4 is 17.4 Å². The van der Waals surface area contributed by atoms with Gasteiger partial charge in [0.05, 0.1) is 12.3 Å². The van der Waals surface area contributed by atoms with Crippen LogP contribution in [0.5, 0.6) is 5.75 Å². The predicted octanol–water partition coefficient (Wildman–Crippen LogP) is 4.67. The molecule has 5 rings (SSSR count). The van der Waals surface area contributed by atoms with Gasteiger partial charge in [0.1, 0.15) is 11.4 Å². The van der Waals surface area contributed by atoms with E-state index in [0.29, 0.717) is 12.4 Å². The van der Waals surface area contributed by atoms with Gasteiger partial charge in [-0.05, 0) is 55.5 Å². The smallest absolute Gasteiger partial charge is 0.196 e. The molecule has 1 aromatic carbocycles. The average Bonchev–Trinajstić information content (AvgIpc) is 3.43. The monoisotopic (exact) mass is 428 g/mol. The lowest BCUT2D eigenvalue weighted by Gasteiger charge is -2.11. The zero-order valence-electron chi connectivity index (χ0n) is 16.9. The minimum Gasteiger partial charge on any atom is -0.494 e. The number of rotatable bonds is 7. The van der Waals surface area contributed by atoms with Gasteiger partial charge in [-0.2, -0.15) is 0 Å². The van der Waals surface area contributed by atoms with E-state index in [-0.39, 0.29) is 0 Å². The van der Waals surface area contributed by atoms with Gasteiger partial charge in [-0.3, -0.25) is 9.55 Å². The molecule has 0 fully saturated rings. The lowest BCUT2D eigenvalue weighted by molar-refractivity contribution is 0.340. The van der Waals surface area contributed by atoms with Crippen LogP contribution in [0.3, 0.4) is 0 Å². The SMILES string of the molecule is CCOc1ccc(-n2c(SCc3cn4ccccc4n3)nnc2-c2ccncc2)cc1. The van der Waals surface area contributed by atoms with Crippen molar-refractivity contribution in [3.63, 3.8) is 0 Å². The Hall–Kier alpha value is -3.65. The summed E-state index contributed by atoms with van der Waals surface area (Å²) in [6.45, 7) is 2.61. The minimum atomic E-state index is 0.633. The fourth-order valence-corrected chi connectivity index (χ4v) is 4.17. The predicted molar refractivity (Wildman–Crippen MR) is 121 cm³/mol. The quantitative estimate of drug-likeness (QED) is 0.351. The summed E-state index contributed by atoms with van der Waals surface area (Å²) >= 11 is 1.61. The van der Waals surface area contributed by atoms with Gasteiger partial charge in [0.15, 0.2) is 11.0 Å². The highest BCUT2D eigenvalue weighted by molar-refractivity contribution is 7.98. The number of thioether (sulfide) groups is 1. The Bertz CT molecular complexity index is 1260. The van der Waals surface area contributed by atoms with Crippen LogP contribution < -0.4 is 4.74 Å². The van der Waals surface area contributed by atoms with Crippen LogP contribution >= 0.6 is 11.8 Å². The third-order valence-electron chi connectivity index (χ3n) is 4.74. The fourth-order valence-electron chi connectivity index (χ4n) is 3.34. The second kappa shape index (κ2) is 8.61. The summed E-state index contributed by atoms with van der Waals surface area (Å²) in [5, 5.41) is 9.77. The van der Waals surface area contributed by atoms with Gasteiger partial charge in [-0.15, -0.1) is 10.2 Å². The number of fused-ring (bicyclic) bond motifs is 1. The van der Waals surface area contributed by atoms with E-state index in [1.165, 1.54) is 0 Å². The van der Waals surface area contributed by atoms with E-state index >= 15 is 0 Å². The molecule has 0 bridgehead atoms. The summed E-state index contributed by atoms with van der Waals surface area (Å²) in [7, 11) is 0. The molecule has 154 valence electrons. The van der Waals surface area contributed by atoms with Crippen LogP contribution in [0, 0.1) is 0 Å². The molecule has 0 radical (unpaired) electrons. The zero-order valence-corrected chi connectivity index (χ0v) is 17.7. The fraction of sp³-hybridized carbons (Fsp3) is 0.130. The van der Waals surface area contributed by atoms with Crippen LogP contribution in [0.15, 0.2) is 84.5 Å². The Kier molecular flexibility index (Phi) is 5.37. The molecule has 0 saturated carbocycles. The molecule has 5 aromatic rings. The molecule has 4 aromatic heterocycles. The molecule has 31 heavy (non-hydrogen) atoms. The summed E-state index contributed by atoms with van der Waals surface area (Å²) in [5.41, 5.74) is 3.85. The maximum atomic E-state index is 5.59. The number of hydrogen-bond acceptors (Lipinski definition) is 6. The van der Waals surface area contributed by atoms with Crippen molar-refractivity contribution in [1.29, 1.82) is 0 Å². The Morgan fingerprint density at radius 1 is 0.968 bits per heavy atom. The van der Waals surface area contributed by atoms with E-state index < -0.39 is 0 Å². The van der Waals surface area contributed by atoms with Crippen molar-refractivity contribution in [2.45, 2.75) is 17.8 Å². The molecule has 0 N–H and O–H groups in total. The van der Waals surface area contributed by atoms with E-state index in [1.807, 2.05) is 78.3 Å². The first-order valence-corrected chi connectivity index (χ1v) is 10.9. The summed E-state index contributed by atoms with van der Waals surface area (Å²) in [4.78, 5) is 8.81. The number of pyridine rings is 2. The number of ether oxygens (including phenoxy) is 1. The average molecular weight is 429 g/mol. The van der Waals surface area contributed by atoms with Gasteiger partial charge in [-0.1, -0.05) is 17.8 Å². The van der Waals surface area contributed by atoms with Crippen LogP contribution in [0.2, 0.25) is 0 Å². The summed E-state index contributed by atoms with van der Waals surface area (Å²) in [6, 6.07) is 17.8. The molecule has 0 amide bonds. The number of benzene rings is 1. The van der Waals surface area contributed by atoms with E-state index in [2.05, 4.69) is 24.7 Å².